The molecule has 88 valence electrons. The normalized spacial score (nSPS) is 11.1. The highest BCUT2D eigenvalue weighted by Crippen LogP contribution is 2.19. The van der Waals surface area contributed by atoms with Crippen molar-refractivity contribution in [2.45, 2.75) is 0 Å². The Kier molecular flexibility index (Phi) is 2.97. The lowest BCUT2D eigenvalue weighted by atomic mass is 10.2. The summed E-state index contributed by atoms with van der Waals surface area (Å²) in [4.78, 5) is 1.09. The van der Waals surface area contributed by atoms with Gasteiger partial charge in [0.1, 0.15) is 0 Å². The zero-order chi connectivity index (χ0) is 12.2. The maximum Gasteiger partial charge on any atom is 0.176 e. The number of anilines is 1. The van der Waals surface area contributed by atoms with Crippen molar-refractivity contribution >= 4 is 34.1 Å². The largest absolute Gasteiger partial charge is 0.259 e. The summed E-state index contributed by atoms with van der Waals surface area (Å²) in [6.07, 6.45) is 3.51. The average molecular weight is 254 g/mol. The van der Waals surface area contributed by atoms with Gasteiger partial charge < -0.3 is 0 Å². The minimum absolute atomic E-state index is 0.668. The molecule has 1 N–H and O–H groups in total. The summed E-state index contributed by atoms with van der Waals surface area (Å²) in [6.45, 7) is 0. The van der Waals surface area contributed by atoms with E-state index in [0.29, 0.717) is 5.82 Å². The topological polar surface area (TPSA) is 50.2 Å². The Bertz CT molecular complexity index is 671. The van der Waals surface area contributed by atoms with Crippen LogP contribution in [0.3, 0.4) is 0 Å². The number of benzene rings is 1. The number of hydrazone groups is 1. The Labute approximate surface area is 108 Å². The van der Waals surface area contributed by atoms with E-state index in [4.69, 9.17) is 0 Å². The van der Waals surface area contributed by atoms with Gasteiger partial charge in [-0.3, -0.25) is 5.43 Å². The van der Waals surface area contributed by atoms with Gasteiger partial charge in [0, 0.05) is 15.6 Å². The second-order valence-corrected chi connectivity index (χ2v) is 4.65. The van der Waals surface area contributed by atoms with Crippen LogP contribution >= 0.6 is 11.3 Å². The monoisotopic (exact) mass is 254 g/mol. The molecule has 0 fully saturated rings. The summed E-state index contributed by atoms with van der Waals surface area (Å²) < 4.78 is 0. The Balaban J connectivity index is 1.87. The van der Waals surface area contributed by atoms with Crippen molar-refractivity contribution in [2.24, 2.45) is 5.10 Å². The van der Waals surface area contributed by atoms with Gasteiger partial charge >= 0.3 is 0 Å². The number of aromatic nitrogens is 2. The molecule has 0 aliphatic heterocycles. The number of nitrogens with zero attached hydrogens (tertiary/aromatic N) is 3. The summed E-state index contributed by atoms with van der Waals surface area (Å²) in [5.41, 5.74) is 2.93. The van der Waals surface area contributed by atoms with E-state index in [1.54, 1.807) is 23.7 Å². The van der Waals surface area contributed by atoms with E-state index in [-0.39, 0.29) is 0 Å². The first-order valence-corrected chi connectivity index (χ1v) is 6.34. The van der Waals surface area contributed by atoms with Crippen molar-refractivity contribution < 1.29 is 0 Å². The number of nitrogens with one attached hydrogen (secondary N) is 1. The SMILES string of the molecule is C(=NNc1nncc2ccccc12)c1cccs1. The highest BCUT2D eigenvalue weighted by atomic mass is 32.1. The number of hydrogen-bond donors (Lipinski definition) is 1. The van der Waals surface area contributed by atoms with Gasteiger partial charge in [-0.25, -0.2) is 0 Å². The molecule has 0 radical (unpaired) electrons. The molecule has 0 aliphatic rings. The third-order valence-electron chi connectivity index (χ3n) is 2.48. The van der Waals surface area contributed by atoms with Gasteiger partial charge in [-0.1, -0.05) is 30.3 Å². The summed E-state index contributed by atoms with van der Waals surface area (Å²) in [5.74, 6) is 0.668. The predicted octanol–water partition coefficient (Wildman–Crippen LogP) is 3.14. The highest BCUT2D eigenvalue weighted by Gasteiger charge is 2.00. The molecule has 0 atom stereocenters. The third kappa shape index (κ3) is 2.21. The van der Waals surface area contributed by atoms with Crippen LogP contribution in [0.4, 0.5) is 5.82 Å². The van der Waals surface area contributed by atoms with Gasteiger partial charge in [-0.15, -0.1) is 16.4 Å². The van der Waals surface area contributed by atoms with Crippen molar-refractivity contribution in [3.63, 3.8) is 0 Å². The first-order chi connectivity index (χ1) is 8.93. The first-order valence-electron chi connectivity index (χ1n) is 5.46. The Morgan fingerprint density at radius 3 is 3.00 bits per heavy atom. The van der Waals surface area contributed by atoms with E-state index in [9.17, 15) is 0 Å². The van der Waals surface area contributed by atoms with Gasteiger partial charge in [0.05, 0.1) is 12.4 Å². The fourth-order valence-electron chi connectivity index (χ4n) is 1.63. The molecule has 0 spiro atoms. The van der Waals surface area contributed by atoms with E-state index < -0.39 is 0 Å². The van der Waals surface area contributed by atoms with E-state index >= 15 is 0 Å². The van der Waals surface area contributed by atoms with Crippen LogP contribution in [0.5, 0.6) is 0 Å². The summed E-state index contributed by atoms with van der Waals surface area (Å²) in [7, 11) is 0. The van der Waals surface area contributed by atoms with Crippen molar-refractivity contribution in [1.82, 2.24) is 10.2 Å². The average Bonchev–Trinajstić information content (AvgIpc) is 2.92. The zero-order valence-corrected chi connectivity index (χ0v) is 10.3. The minimum atomic E-state index is 0.668. The molecule has 3 rings (SSSR count). The van der Waals surface area contributed by atoms with Crippen LogP contribution in [0.15, 0.2) is 53.1 Å². The number of fused-ring (bicyclic) bond motifs is 1. The van der Waals surface area contributed by atoms with Gasteiger partial charge in [-0.05, 0) is 11.4 Å². The zero-order valence-electron chi connectivity index (χ0n) is 9.45. The molecule has 3 aromatic rings. The molecule has 0 amide bonds. The van der Waals surface area contributed by atoms with E-state index in [1.807, 2.05) is 41.8 Å². The molecule has 4 nitrogen and oxygen atoms in total. The van der Waals surface area contributed by atoms with E-state index in [1.165, 1.54) is 0 Å². The van der Waals surface area contributed by atoms with Crippen LogP contribution in [0.1, 0.15) is 4.88 Å². The van der Waals surface area contributed by atoms with Crippen LogP contribution in [-0.2, 0) is 0 Å². The molecule has 0 aliphatic carbocycles. The molecular weight excluding hydrogens is 244 g/mol. The molecule has 0 saturated carbocycles. The molecular formula is C13H10N4S. The lowest BCUT2D eigenvalue weighted by Crippen LogP contribution is -1.95. The predicted molar refractivity (Wildman–Crippen MR) is 75.1 cm³/mol. The van der Waals surface area contributed by atoms with Gasteiger partial charge in [0.15, 0.2) is 5.82 Å². The molecule has 2 heterocycles. The standard InChI is InChI=1S/C13H10N4S/c1-2-6-12-10(4-1)8-14-16-13(12)17-15-9-11-5-3-7-18-11/h1-9H,(H,16,17). The highest BCUT2D eigenvalue weighted by molar-refractivity contribution is 7.11. The minimum Gasteiger partial charge on any atom is -0.259 e. The maximum absolute atomic E-state index is 4.17. The summed E-state index contributed by atoms with van der Waals surface area (Å²) >= 11 is 1.64. The van der Waals surface area contributed by atoms with Crippen molar-refractivity contribution in [3.8, 4) is 0 Å². The Morgan fingerprint density at radius 1 is 1.17 bits per heavy atom. The van der Waals surface area contributed by atoms with Crippen molar-refractivity contribution in [1.29, 1.82) is 0 Å². The third-order valence-corrected chi connectivity index (χ3v) is 3.28. The Morgan fingerprint density at radius 2 is 2.11 bits per heavy atom. The molecule has 18 heavy (non-hydrogen) atoms. The van der Waals surface area contributed by atoms with Crippen LogP contribution in [0, 0.1) is 0 Å². The second kappa shape index (κ2) is 4.93. The fourth-order valence-corrected chi connectivity index (χ4v) is 2.22. The van der Waals surface area contributed by atoms with E-state index in [2.05, 4.69) is 20.7 Å². The molecule has 0 saturated heterocycles. The number of thiophene rings is 1. The van der Waals surface area contributed by atoms with Crippen molar-refractivity contribution in [3.05, 3.63) is 52.9 Å². The van der Waals surface area contributed by atoms with Gasteiger partial charge in [-0.2, -0.15) is 10.2 Å². The van der Waals surface area contributed by atoms with E-state index in [0.717, 1.165) is 15.6 Å². The molecule has 0 bridgehead atoms. The summed E-state index contributed by atoms with van der Waals surface area (Å²) in [6, 6.07) is 11.9. The second-order valence-electron chi connectivity index (χ2n) is 3.67. The molecule has 2 aromatic heterocycles. The smallest absolute Gasteiger partial charge is 0.176 e. The fraction of sp³-hybridized carbons (Fsp3) is 0. The molecule has 5 heteroatoms. The van der Waals surface area contributed by atoms with Crippen molar-refractivity contribution in [2.75, 3.05) is 5.43 Å². The number of hydrogen-bond acceptors (Lipinski definition) is 5. The van der Waals surface area contributed by atoms with Crippen LogP contribution in [0.25, 0.3) is 10.8 Å². The van der Waals surface area contributed by atoms with Crippen LogP contribution < -0.4 is 5.43 Å². The van der Waals surface area contributed by atoms with Gasteiger partial charge in [0.2, 0.25) is 0 Å². The van der Waals surface area contributed by atoms with Crippen LogP contribution in [-0.4, -0.2) is 16.4 Å². The number of rotatable bonds is 3. The molecule has 0 unspecified atom stereocenters. The lowest BCUT2D eigenvalue weighted by molar-refractivity contribution is 1.04. The van der Waals surface area contributed by atoms with Gasteiger partial charge in [0.25, 0.3) is 0 Å². The Hall–Kier alpha value is -2.27. The quantitative estimate of drug-likeness (QED) is 0.577. The lowest BCUT2D eigenvalue weighted by Gasteiger charge is -2.02. The first kappa shape index (κ1) is 10.9. The van der Waals surface area contributed by atoms with Crippen LogP contribution in [0.2, 0.25) is 0 Å². The summed E-state index contributed by atoms with van der Waals surface area (Å²) in [5, 5.41) is 16.2. The maximum atomic E-state index is 4.17. The molecule has 1 aromatic carbocycles.